The Morgan fingerprint density at radius 2 is 1.88 bits per heavy atom. The largest absolute Gasteiger partial charge is 0.455 e. The zero-order chi connectivity index (χ0) is 18.9. The molecule has 1 saturated carbocycles. The average molecular weight is 360 g/mol. The zero-order valence-electron chi connectivity index (χ0n) is 15.8. The van der Waals surface area contributed by atoms with E-state index in [9.17, 15) is 9.59 Å². The van der Waals surface area contributed by atoms with Crippen LogP contribution in [-0.4, -0.2) is 23.7 Å². The van der Waals surface area contributed by atoms with Crippen molar-refractivity contribution in [2.24, 2.45) is 16.3 Å². The molecule has 3 amide bonds. The molecule has 0 spiro atoms. The summed E-state index contributed by atoms with van der Waals surface area (Å²) in [6.45, 7) is 6.08. The van der Waals surface area contributed by atoms with Crippen molar-refractivity contribution in [2.75, 3.05) is 0 Å². The van der Waals surface area contributed by atoms with Crippen molar-refractivity contribution in [1.29, 1.82) is 0 Å². The molecule has 1 aromatic heterocycles. The quantitative estimate of drug-likeness (QED) is 0.721. The van der Waals surface area contributed by atoms with E-state index in [2.05, 4.69) is 29.7 Å². The van der Waals surface area contributed by atoms with Gasteiger partial charge in [-0.25, -0.2) is 10.2 Å². The van der Waals surface area contributed by atoms with E-state index >= 15 is 0 Å². The van der Waals surface area contributed by atoms with Crippen LogP contribution < -0.4 is 16.5 Å². The minimum Gasteiger partial charge on any atom is -0.455 e. The Bertz CT molecular complexity index is 742. The lowest BCUT2D eigenvalue weighted by Gasteiger charge is -2.29. The highest BCUT2D eigenvalue weighted by Crippen LogP contribution is 2.38. The first-order valence-electron chi connectivity index (χ1n) is 9.32. The van der Waals surface area contributed by atoms with Gasteiger partial charge in [-0.2, -0.15) is 5.10 Å². The normalized spacial score (nSPS) is 21.3. The van der Waals surface area contributed by atoms with Crippen molar-refractivity contribution in [3.8, 4) is 0 Å². The molecule has 0 aromatic carbocycles. The second-order valence-electron chi connectivity index (χ2n) is 8.22. The number of rotatable bonds is 3. The van der Waals surface area contributed by atoms with Gasteiger partial charge in [0.2, 0.25) is 0 Å². The van der Waals surface area contributed by atoms with E-state index in [1.54, 1.807) is 0 Å². The number of amides is 3. The van der Waals surface area contributed by atoms with Crippen LogP contribution in [0.3, 0.4) is 0 Å². The van der Waals surface area contributed by atoms with Gasteiger partial charge in [0, 0.05) is 23.6 Å². The highest BCUT2D eigenvalue weighted by Gasteiger charge is 2.36. The zero-order valence-corrected chi connectivity index (χ0v) is 15.8. The van der Waals surface area contributed by atoms with Crippen LogP contribution in [0.4, 0.5) is 4.79 Å². The molecule has 1 fully saturated rings. The molecule has 0 saturated heterocycles. The first-order chi connectivity index (χ1) is 12.3. The molecule has 3 rings (SSSR count). The van der Waals surface area contributed by atoms with Gasteiger partial charge in [0.15, 0.2) is 5.76 Å². The number of nitrogens with zero attached hydrogens (tertiary/aromatic N) is 1. The molecule has 7 nitrogen and oxygen atoms in total. The molecule has 0 unspecified atom stereocenters. The summed E-state index contributed by atoms with van der Waals surface area (Å²) in [5.74, 6) is 0.937. The molecular weight excluding hydrogens is 332 g/mol. The summed E-state index contributed by atoms with van der Waals surface area (Å²) in [5.41, 5.74) is 9.68. The molecule has 1 aromatic rings. The van der Waals surface area contributed by atoms with Crippen LogP contribution in [0, 0.1) is 12.3 Å². The number of hydrazone groups is 1. The van der Waals surface area contributed by atoms with E-state index < -0.39 is 6.03 Å². The van der Waals surface area contributed by atoms with Crippen molar-refractivity contribution in [3.05, 3.63) is 22.6 Å². The van der Waals surface area contributed by atoms with Crippen molar-refractivity contribution in [2.45, 2.75) is 71.8 Å². The van der Waals surface area contributed by atoms with Crippen LogP contribution in [0.15, 0.2) is 9.52 Å². The first kappa shape index (κ1) is 18.5. The van der Waals surface area contributed by atoms with Crippen LogP contribution >= 0.6 is 0 Å². The minimum absolute atomic E-state index is 0.0768. The van der Waals surface area contributed by atoms with Crippen LogP contribution in [0.5, 0.6) is 0 Å². The van der Waals surface area contributed by atoms with Crippen molar-refractivity contribution in [1.82, 2.24) is 10.7 Å². The Labute approximate surface area is 153 Å². The van der Waals surface area contributed by atoms with E-state index in [1.807, 2.05) is 6.92 Å². The number of hydrogen-bond acceptors (Lipinski definition) is 4. The topological polar surface area (TPSA) is 110 Å². The summed E-state index contributed by atoms with van der Waals surface area (Å²) >= 11 is 0. The Balaban J connectivity index is 1.89. The lowest BCUT2D eigenvalue weighted by Crippen LogP contribution is -2.36. The number of carbonyl (C=O) groups is 2. The maximum absolute atomic E-state index is 12.8. The fourth-order valence-corrected chi connectivity index (χ4v) is 4.05. The van der Waals surface area contributed by atoms with Crippen LogP contribution in [-0.2, 0) is 6.42 Å². The first-order valence-corrected chi connectivity index (χ1v) is 9.32. The summed E-state index contributed by atoms with van der Waals surface area (Å²) in [6.07, 6.45) is 6.98. The van der Waals surface area contributed by atoms with E-state index in [-0.39, 0.29) is 17.4 Å². The van der Waals surface area contributed by atoms with Gasteiger partial charge in [-0.1, -0.05) is 33.1 Å². The number of furan rings is 1. The summed E-state index contributed by atoms with van der Waals surface area (Å²) in [5, 5.41) is 7.28. The summed E-state index contributed by atoms with van der Waals surface area (Å²) in [6, 6.07) is -0.488. The molecule has 0 aliphatic heterocycles. The number of urea groups is 1. The lowest BCUT2D eigenvalue weighted by atomic mass is 9.75. The van der Waals surface area contributed by atoms with Crippen LogP contribution in [0.2, 0.25) is 0 Å². The molecule has 2 aliphatic rings. The molecule has 0 bridgehead atoms. The van der Waals surface area contributed by atoms with Gasteiger partial charge in [-0.3, -0.25) is 4.79 Å². The van der Waals surface area contributed by atoms with Gasteiger partial charge >= 0.3 is 6.03 Å². The highest BCUT2D eigenvalue weighted by molar-refractivity contribution is 6.07. The standard InChI is InChI=1S/C19H28N4O3/c1-11-15-13(22-23-18(20)25)9-19(2,3)10-14(15)26-16(11)17(24)21-12-7-5-4-6-8-12/h12H,4-10H2,1-3H3,(H,21,24)(H3,20,23,25)/b22-13-. The number of carbonyl (C=O) groups excluding carboxylic acids is 2. The lowest BCUT2D eigenvalue weighted by molar-refractivity contribution is 0.0895. The number of hydrogen-bond donors (Lipinski definition) is 3. The molecular formula is C19H28N4O3. The number of primary amides is 1. The predicted molar refractivity (Wildman–Crippen MR) is 99.1 cm³/mol. The molecule has 7 heteroatoms. The third kappa shape index (κ3) is 3.92. The third-order valence-corrected chi connectivity index (χ3v) is 5.24. The fourth-order valence-electron chi connectivity index (χ4n) is 4.05. The molecule has 2 aliphatic carbocycles. The Morgan fingerprint density at radius 3 is 2.54 bits per heavy atom. The number of nitrogens with one attached hydrogen (secondary N) is 2. The minimum atomic E-state index is -0.709. The predicted octanol–water partition coefficient (Wildman–Crippen LogP) is 3.00. The molecule has 142 valence electrons. The third-order valence-electron chi connectivity index (χ3n) is 5.24. The van der Waals surface area contributed by atoms with Gasteiger partial charge in [-0.15, -0.1) is 0 Å². The van der Waals surface area contributed by atoms with Gasteiger partial charge < -0.3 is 15.5 Å². The van der Waals surface area contributed by atoms with Crippen molar-refractivity contribution in [3.63, 3.8) is 0 Å². The smallest absolute Gasteiger partial charge is 0.332 e. The molecule has 26 heavy (non-hydrogen) atoms. The van der Waals surface area contributed by atoms with Crippen LogP contribution in [0.25, 0.3) is 0 Å². The molecule has 0 atom stereocenters. The summed E-state index contributed by atoms with van der Waals surface area (Å²) in [4.78, 5) is 23.8. The SMILES string of the molecule is Cc1c(C(=O)NC2CCCCC2)oc2c1/C(=N\NC(N)=O)CC(C)(C)C2. The number of fused-ring (bicyclic) bond motifs is 1. The van der Waals surface area contributed by atoms with E-state index in [0.717, 1.165) is 49.0 Å². The molecule has 1 heterocycles. The number of nitrogens with two attached hydrogens (primary N) is 1. The van der Waals surface area contributed by atoms with Crippen molar-refractivity contribution < 1.29 is 14.0 Å². The van der Waals surface area contributed by atoms with Gasteiger partial charge in [-0.05, 0) is 31.6 Å². The van der Waals surface area contributed by atoms with Gasteiger partial charge in [0.1, 0.15) is 5.76 Å². The monoisotopic (exact) mass is 360 g/mol. The Kier molecular flexibility index (Phi) is 5.07. The maximum Gasteiger partial charge on any atom is 0.332 e. The maximum atomic E-state index is 12.8. The second kappa shape index (κ2) is 7.13. The van der Waals surface area contributed by atoms with Crippen LogP contribution in [0.1, 0.15) is 79.8 Å². The Hall–Kier alpha value is -2.31. The average Bonchev–Trinajstić information content (AvgIpc) is 2.89. The molecule has 4 N–H and O–H groups in total. The highest BCUT2D eigenvalue weighted by atomic mass is 16.4. The summed E-state index contributed by atoms with van der Waals surface area (Å²) in [7, 11) is 0. The molecule has 0 radical (unpaired) electrons. The van der Waals surface area contributed by atoms with E-state index in [4.69, 9.17) is 10.2 Å². The van der Waals surface area contributed by atoms with E-state index in [1.165, 1.54) is 6.42 Å². The van der Waals surface area contributed by atoms with E-state index in [0.29, 0.717) is 17.9 Å². The van der Waals surface area contributed by atoms with Gasteiger partial charge in [0.25, 0.3) is 5.91 Å². The summed E-state index contributed by atoms with van der Waals surface area (Å²) < 4.78 is 5.98. The second-order valence-corrected chi connectivity index (χ2v) is 8.22. The Morgan fingerprint density at radius 1 is 1.19 bits per heavy atom. The van der Waals surface area contributed by atoms with Crippen molar-refractivity contribution >= 4 is 17.6 Å². The fraction of sp³-hybridized carbons (Fsp3) is 0.632. The van der Waals surface area contributed by atoms with Gasteiger partial charge in [0.05, 0.1) is 5.71 Å².